The maximum Gasteiger partial charge on any atom is 2.00 e. The van der Waals surface area contributed by atoms with Crippen LogP contribution in [0.15, 0.2) is 0 Å². The van der Waals surface area contributed by atoms with Crippen LogP contribution in [0.1, 0.15) is 46.0 Å². The fourth-order valence-electron chi connectivity index (χ4n) is 0.677. The monoisotopic (exact) mass is 184 g/mol. The van der Waals surface area contributed by atoms with E-state index in [1.54, 1.807) is 0 Å². The van der Waals surface area contributed by atoms with Crippen LogP contribution in [0.3, 0.4) is 0 Å². The average molecular weight is 185 g/mol. The number of carbonyl (C=O) groups excluding carboxylic acids is 1. The number of carbonyl (C=O) groups is 1. The van der Waals surface area contributed by atoms with Gasteiger partial charge in [0.1, 0.15) is 0 Å². The fourth-order valence-corrected chi connectivity index (χ4v) is 0.677. The number of carboxylic acid groups (broad SMARTS) is 2. The Kier molecular flexibility index (Phi) is 25.8. The van der Waals surface area contributed by atoms with Gasteiger partial charge in [0.2, 0.25) is 0 Å². The third kappa shape index (κ3) is 50.3. The van der Waals surface area contributed by atoms with Gasteiger partial charge < -0.3 is 15.0 Å². The van der Waals surface area contributed by atoms with Gasteiger partial charge in [0.25, 0.3) is 0 Å². The molecule has 68 valence electrons. The standard InChI is InChI=1S/C7H16.CH2O3.Mg/c1-3-5-7-6-4-2;2-1(3)4;/h3-7H2,1-2H3;(H2,2,3,4);/q;;+2/p-2. The quantitative estimate of drug-likeness (QED) is 0.462. The number of rotatable bonds is 4. The topological polar surface area (TPSA) is 63.2 Å². The maximum absolute atomic E-state index is 8.33. The van der Waals surface area contributed by atoms with Gasteiger partial charge in [-0.25, -0.2) is 0 Å². The van der Waals surface area contributed by atoms with Gasteiger partial charge in [-0.1, -0.05) is 46.0 Å². The van der Waals surface area contributed by atoms with Crippen LogP contribution in [-0.4, -0.2) is 29.2 Å². The van der Waals surface area contributed by atoms with E-state index in [4.69, 9.17) is 15.0 Å². The predicted molar refractivity (Wildman–Crippen MR) is 45.6 cm³/mol. The molecule has 0 aliphatic heterocycles. The van der Waals surface area contributed by atoms with Crippen LogP contribution >= 0.6 is 0 Å². The molecule has 0 amide bonds. The molecule has 12 heavy (non-hydrogen) atoms. The molecule has 0 heterocycles. The van der Waals surface area contributed by atoms with Crippen molar-refractivity contribution in [1.82, 2.24) is 0 Å². The van der Waals surface area contributed by atoms with Crippen LogP contribution in [0, 0.1) is 0 Å². The second-order valence-electron chi connectivity index (χ2n) is 2.31. The summed E-state index contributed by atoms with van der Waals surface area (Å²) in [5.41, 5.74) is 0. The van der Waals surface area contributed by atoms with E-state index in [-0.39, 0.29) is 23.1 Å². The van der Waals surface area contributed by atoms with Gasteiger partial charge in [0.05, 0.1) is 0 Å². The third-order valence-corrected chi connectivity index (χ3v) is 1.21. The first-order valence-corrected chi connectivity index (χ1v) is 4.03. The van der Waals surface area contributed by atoms with Crippen LogP contribution in [-0.2, 0) is 0 Å². The van der Waals surface area contributed by atoms with Gasteiger partial charge in [-0.15, -0.1) is 0 Å². The molecule has 0 aromatic heterocycles. The van der Waals surface area contributed by atoms with E-state index in [9.17, 15) is 0 Å². The van der Waals surface area contributed by atoms with Gasteiger partial charge >= 0.3 is 23.1 Å². The molecule has 0 atom stereocenters. The SMILES string of the molecule is CCCCCCC.O=C([O-])[O-].[Mg+2]. The molecule has 0 aliphatic carbocycles. The summed E-state index contributed by atoms with van der Waals surface area (Å²) in [6, 6.07) is 0. The van der Waals surface area contributed by atoms with Crippen molar-refractivity contribution in [2.75, 3.05) is 0 Å². The van der Waals surface area contributed by atoms with Crippen LogP contribution in [0.5, 0.6) is 0 Å². The third-order valence-electron chi connectivity index (χ3n) is 1.21. The van der Waals surface area contributed by atoms with E-state index in [0.717, 1.165) is 0 Å². The molecule has 0 saturated heterocycles. The van der Waals surface area contributed by atoms with Gasteiger partial charge in [-0.3, -0.25) is 0 Å². The van der Waals surface area contributed by atoms with Crippen molar-refractivity contribution < 1.29 is 15.0 Å². The van der Waals surface area contributed by atoms with E-state index >= 15 is 0 Å². The zero-order valence-electron chi connectivity index (χ0n) is 7.97. The number of hydrogen-bond acceptors (Lipinski definition) is 3. The van der Waals surface area contributed by atoms with E-state index in [1.807, 2.05) is 0 Å². The van der Waals surface area contributed by atoms with Gasteiger partial charge in [-0.2, -0.15) is 0 Å². The minimum Gasteiger partial charge on any atom is -0.652 e. The second-order valence-corrected chi connectivity index (χ2v) is 2.31. The Balaban J connectivity index is -0.000000142. The van der Waals surface area contributed by atoms with Gasteiger partial charge in [0, 0.05) is 0 Å². The van der Waals surface area contributed by atoms with Gasteiger partial charge in [0.15, 0.2) is 0 Å². The van der Waals surface area contributed by atoms with Gasteiger partial charge in [-0.05, 0) is 6.16 Å². The summed E-state index contributed by atoms with van der Waals surface area (Å²) in [5, 5.41) is 16.7. The first-order chi connectivity index (χ1) is 5.15. The Morgan fingerprint density at radius 2 is 1.25 bits per heavy atom. The predicted octanol–water partition coefficient (Wildman–Crippen LogP) is 0.149. The van der Waals surface area contributed by atoms with Crippen LogP contribution in [0.2, 0.25) is 0 Å². The molecule has 0 radical (unpaired) electrons. The molecule has 3 nitrogen and oxygen atoms in total. The molecule has 0 fully saturated rings. The maximum atomic E-state index is 8.33. The summed E-state index contributed by atoms with van der Waals surface area (Å²) in [7, 11) is 0. The summed E-state index contributed by atoms with van der Waals surface area (Å²) >= 11 is 0. The molecule has 4 heteroatoms. The number of unbranched alkanes of at least 4 members (excludes halogenated alkanes) is 4. The average Bonchev–Trinajstić information content (AvgIpc) is 1.88. The molecule has 0 aromatic carbocycles. The molecular formula is C8H16MgO3. The van der Waals surface area contributed by atoms with Crippen LogP contribution < -0.4 is 10.2 Å². The summed E-state index contributed by atoms with van der Waals surface area (Å²) in [6.07, 6.45) is 4.68. The summed E-state index contributed by atoms with van der Waals surface area (Å²) in [4.78, 5) is 8.33. The Morgan fingerprint density at radius 1 is 1.00 bits per heavy atom. The molecule has 0 N–H and O–H groups in total. The second kappa shape index (κ2) is 17.2. The van der Waals surface area contributed by atoms with Crippen molar-refractivity contribution in [1.29, 1.82) is 0 Å². The Bertz CT molecular complexity index is 78.4. The fraction of sp³-hybridized carbons (Fsp3) is 0.875. The van der Waals surface area contributed by atoms with Crippen molar-refractivity contribution in [2.24, 2.45) is 0 Å². The van der Waals surface area contributed by atoms with E-state index < -0.39 is 6.16 Å². The molecule has 0 spiro atoms. The largest absolute Gasteiger partial charge is 2.00 e. The summed E-state index contributed by atoms with van der Waals surface area (Å²) < 4.78 is 0. The first-order valence-electron chi connectivity index (χ1n) is 4.03. The summed E-state index contributed by atoms with van der Waals surface area (Å²) in [5.74, 6) is 0. The Hall–Kier alpha value is 0.0362. The molecular weight excluding hydrogens is 168 g/mol. The zero-order chi connectivity index (χ0) is 9.11. The van der Waals surface area contributed by atoms with Crippen molar-refractivity contribution in [3.8, 4) is 0 Å². The van der Waals surface area contributed by atoms with Crippen molar-refractivity contribution in [3.05, 3.63) is 0 Å². The smallest absolute Gasteiger partial charge is 0.652 e. The molecule has 0 saturated carbocycles. The Morgan fingerprint density at radius 3 is 1.42 bits per heavy atom. The zero-order valence-corrected chi connectivity index (χ0v) is 9.38. The minimum atomic E-state index is -2.33. The minimum absolute atomic E-state index is 0. The van der Waals surface area contributed by atoms with E-state index in [2.05, 4.69) is 13.8 Å². The van der Waals surface area contributed by atoms with Crippen molar-refractivity contribution in [2.45, 2.75) is 46.0 Å². The summed E-state index contributed by atoms with van der Waals surface area (Å²) in [6.45, 7) is 4.49. The number of hydrogen-bond donors (Lipinski definition) is 0. The van der Waals surface area contributed by atoms with Crippen LogP contribution in [0.4, 0.5) is 4.79 Å². The first kappa shape index (κ1) is 18.0. The van der Waals surface area contributed by atoms with E-state index in [1.165, 1.54) is 32.1 Å². The van der Waals surface area contributed by atoms with E-state index in [0.29, 0.717) is 0 Å². The molecule has 0 aliphatic rings. The molecule has 0 bridgehead atoms. The molecule has 0 unspecified atom stereocenters. The normalized spacial score (nSPS) is 7.50. The van der Waals surface area contributed by atoms with Crippen molar-refractivity contribution >= 4 is 29.2 Å². The van der Waals surface area contributed by atoms with Crippen molar-refractivity contribution in [3.63, 3.8) is 0 Å². The Labute approximate surface area is 90.3 Å². The van der Waals surface area contributed by atoms with Crippen LogP contribution in [0.25, 0.3) is 0 Å². The molecule has 0 rings (SSSR count). The molecule has 0 aromatic rings.